The number of rotatable bonds is 4. The topological polar surface area (TPSA) is 55.4 Å². The largest absolute Gasteiger partial charge is 0.479 e. The lowest BCUT2D eigenvalue weighted by Crippen LogP contribution is -2.34. The van der Waals surface area contributed by atoms with Crippen LogP contribution in [-0.2, 0) is 16.0 Å². The van der Waals surface area contributed by atoms with E-state index in [1.807, 2.05) is 18.2 Å². The number of aryl methyl sites for hydroxylation is 1. The predicted octanol–water partition coefficient (Wildman–Crippen LogP) is 1.93. The normalized spacial score (nSPS) is 17.9. The summed E-state index contributed by atoms with van der Waals surface area (Å²) in [5.41, 5.74) is 1.82. The summed E-state index contributed by atoms with van der Waals surface area (Å²) in [6, 6.07) is 5.74. The molecule has 1 atom stereocenters. The summed E-state index contributed by atoms with van der Waals surface area (Å²) >= 11 is 0. The van der Waals surface area contributed by atoms with E-state index in [1.54, 1.807) is 6.92 Å². The smallest absolute Gasteiger partial charge is 0.265 e. The number of aldehydes is 1. The molecule has 0 saturated carbocycles. The van der Waals surface area contributed by atoms with Gasteiger partial charge < -0.3 is 14.8 Å². The van der Waals surface area contributed by atoms with Gasteiger partial charge in [-0.25, -0.2) is 0 Å². The molecule has 1 aromatic rings. The zero-order chi connectivity index (χ0) is 12.3. The number of anilines is 1. The van der Waals surface area contributed by atoms with Crippen LogP contribution >= 0.6 is 0 Å². The fraction of sp³-hybridized carbons (Fsp3) is 0.385. The van der Waals surface area contributed by atoms with Crippen molar-refractivity contribution in [2.45, 2.75) is 32.3 Å². The quantitative estimate of drug-likeness (QED) is 0.638. The van der Waals surface area contributed by atoms with Crippen LogP contribution in [0, 0.1) is 0 Å². The van der Waals surface area contributed by atoms with E-state index in [9.17, 15) is 9.59 Å². The molecule has 0 spiro atoms. The highest BCUT2D eigenvalue weighted by Crippen LogP contribution is 2.30. The van der Waals surface area contributed by atoms with Crippen LogP contribution in [0.4, 0.5) is 5.69 Å². The number of ether oxygens (including phenoxy) is 1. The monoisotopic (exact) mass is 233 g/mol. The second kappa shape index (κ2) is 4.99. The van der Waals surface area contributed by atoms with Gasteiger partial charge >= 0.3 is 0 Å². The SMILES string of the molecule is CC1Oc2ccc(CCCC=O)cc2NC1=O. The van der Waals surface area contributed by atoms with Crippen LogP contribution in [0.25, 0.3) is 0 Å². The molecular formula is C13H15NO3. The van der Waals surface area contributed by atoms with Crippen molar-refractivity contribution < 1.29 is 14.3 Å². The van der Waals surface area contributed by atoms with Crippen molar-refractivity contribution >= 4 is 17.9 Å². The molecule has 0 saturated heterocycles. The Morgan fingerprint density at radius 3 is 3.06 bits per heavy atom. The van der Waals surface area contributed by atoms with Crippen LogP contribution in [0.2, 0.25) is 0 Å². The molecule has 1 heterocycles. The fourth-order valence-electron chi connectivity index (χ4n) is 1.80. The Kier molecular flexibility index (Phi) is 3.42. The minimum absolute atomic E-state index is 0.123. The third-order valence-electron chi connectivity index (χ3n) is 2.76. The Labute approximate surface area is 100.0 Å². The number of unbranched alkanes of at least 4 members (excludes halogenated alkanes) is 1. The first-order valence-corrected chi connectivity index (χ1v) is 5.75. The summed E-state index contributed by atoms with van der Waals surface area (Å²) < 4.78 is 5.46. The number of amides is 1. The van der Waals surface area contributed by atoms with Gasteiger partial charge in [0, 0.05) is 6.42 Å². The third kappa shape index (κ3) is 2.64. The van der Waals surface area contributed by atoms with Crippen LogP contribution in [0.5, 0.6) is 5.75 Å². The van der Waals surface area contributed by atoms with Gasteiger partial charge in [-0.2, -0.15) is 0 Å². The van der Waals surface area contributed by atoms with Gasteiger partial charge in [-0.1, -0.05) is 6.07 Å². The summed E-state index contributed by atoms with van der Waals surface area (Å²) in [4.78, 5) is 21.7. The molecular weight excluding hydrogens is 218 g/mol. The standard InChI is InChI=1S/C13H15NO3/c1-9-13(16)14-11-8-10(4-2-3-7-15)5-6-12(11)17-9/h5-9H,2-4H2,1H3,(H,14,16). The van der Waals surface area contributed by atoms with E-state index in [0.29, 0.717) is 12.2 Å². The Balaban J connectivity index is 2.11. The highest BCUT2D eigenvalue weighted by Gasteiger charge is 2.23. The maximum Gasteiger partial charge on any atom is 0.265 e. The molecule has 1 amide bonds. The lowest BCUT2D eigenvalue weighted by atomic mass is 10.1. The van der Waals surface area contributed by atoms with Gasteiger partial charge in [0.05, 0.1) is 5.69 Å². The molecule has 1 aromatic carbocycles. The van der Waals surface area contributed by atoms with Gasteiger partial charge in [0.15, 0.2) is 6.10 Å². The van der Waals surface area contributed by atoms with Crippen molar-refractivity contribution in [1.29, 1.82) is 0 Å². The van der Waals surface area contributed by atoms with Gasteiger partial charge in [0.2, 0.25) is 0 Å². The number of hydrogen-bond donors (Lipinski definition) is 1. The number of hydrogen-bond acceptors (Lipinski definition) is 3. The summed E-state index contributed by atoms with van der Waals surface area (Å²) in [6.45, 7) is 1.72. The van der Waals surface area contributed by atoms with E-state index >= 15 is 0 Å². The zero-order valence-corrected chi connectivity index (χ0v) is 9.73. The van der Waals surface area contributed by atoms with Gasteiger partial charge in [0.25, 0.3) is 5.91 Å². The van der Waals surface area contributed by atoms with Crippen LogP contribution in [-0.4, -0.2) is 18.3 Å². The minimum atomic E-state index is -0.441. The Morgan fingerprint density at radius 1 is 1.47 bits per heavy atom. The van der Waals surface area contributed by atoms with Crippen LogP contribution in [0.15, 0.2) is 18.2 Å². The van der Waals surface area contributed by atoms with Crippen molar-refractivity contribution in [2.24, 2.45) is 0 Å². The molecule has 1 aliphatic rings. The van der Waals surface area contributed by atoms with Gasteiger partial charge in [-0.3, -0.25) is 4.79 Å². The summed E-state index contributed by atoms with van der Waals surface area (Å²) in [5, 5.41) is 2.81. The van der Waals surface area contributed by atoms with Crippen LogP contribution in [0.1, 0.15) is 25.3 Å². The first kappa shape index (κ1) is 11.6. The minimum Gasteiger partial charge on any atom is -0.479 e. The van der Waals surface area contributed by atoms with Gasteiger partial charge in [-0.05, 0) is 37.5 Å². The molecule has 17 heavy (non-hydrogen) atoms. The Bertz CT molecular complexity index is 442. The number of carbonyl (C=O) groups excluding carboxylic acids is 2. The van der Waals surface area contributed by atoms with Gasteiger partial charge in [-0.15, -0.1) is 0 Å². The summed E-state index contributed by atoms with van der Waals surface area (Å²) in [5.74, 6) is 0.582. The fourth-order valence-corrected chi connectivity index (χ4v) is 1.80. The molecule has 4 heteroatoms. The number of benzene rings is 1. The van der Waals surface area contributed by atoms with Crippen molar-refractivity contribution in [2.75, 3.05) is 5.32 Å². The zero-order valence-electron chi connectivity index (χ0n) is 9.73. The maximum atomic E-state index is 11.4. The highest BCUT2D eigenvalue weighted by molar-refractivity contribution is 5.97. The lowest BCUT2D eigenvalue weighted by molar-refractivity contribution is -0.122. The van der Waals surface area contributed by atoms with Crippen LogP contribution in [0.3, 0.4) is 0 Å². The predicted molar refractivity (Wildman–Crippen MR) is 64.2 cm³/mol. The summed E-state index contributed by atoms with van der Waals surface area (Å²) in [7, 11) is 0. The first-order valence-electron chi connectivity index (χ1n) is 5.75. The highest BCUT2D eigenvalue weighted by atomic mass is 16.5. The van der Waals surface area contributed by atoms with E-state index in [2.05, 4.69) is 5.32 Å². The molecule has 0 fully saturated rings. The number of carbonyl (C=O) groups is 2. The number of fused-ring (bicyclic) bond motifs is 1. The third-order valence-corrected chi connectivity index (χ3v) is 2.76. The molecule has 0 bridgehead atoms. The van der Waals surface area contributed by atoms with E-state index in [1.165, 1.54) is 0 Å². The van der Waals surface area contributed by atoms with Gasteiger partial charge in [0.1, 0.15) is 12.0 Å². The molecule has 1 unspecified atom stereocenters. The van der Waals surface area contributed by atoms with Crippen LogP contribution < -0.4 is 10.1 Å². The number of nitrogens with one attached hydrogen (secondary N) is 1. The van der Waals surface area contributed by atoms with Crippen molar-refractivity contribution in [3.8, 4) is 5.75 Å². The Morgan fingerprint density at radius 2 is 2.29 bits per heavy atom. The van der Waals surface area contributed by atoms with E-state index < -0.39 is 6.10 Å². The Hall–Kier alpha value is -1.84. The van der Waals surface area contributed by atoms with Crippen molar-refractivity contribution in [3.63, 3.8) is 0 Å². The second-order valence-corrected chi connectivity index (χ2v) is 4.14. The summed E-state index contributed by atoms with van der Waals surface area (Å²) in [6.07, 6.45) is 2.70. The average molecular weight is 233 g/mol. The molecule has 0 aliphatic carbocycles. The van der Waals surface area contributed by atoms with E-state index in [-0.39, 0.29) is 5.91 Å². The van der Waals surface area contributed by atoms with E-state index in [4.69, 9.17) is 4.74 Å². The lowest BCUT2D eigenvalue weighted by Gasteiger charge is -2.23. The molecule has 1 N–H and O–H groups in total. The molecule has 1 aliphatic heterocycles. The van der Waals surface area contributed by atoms with E-state index in [0.717, 1.165) is 30.4 Å². The maximum absolute atomic E-state index is 11.4. The molecule has 90 valence electrons. The van der Waals surface area contributed by atoms with Crippen molar-refractivity contribution in [1.82, 2.24) is 0 Å². The molecule has 0 radical (unpaired) electrons. The molecule has 2 rings (SSSR count). The molecule has 4 nitrogen and oxygen atoms in total. The first-order chi connectivity index (χ1) is 8.20. The second-order valence-electron chi connectivity index (χ2n) is 4.14. The average Bonchev–Trinajstić information content (AvgIpc) is 2.31. The van der Waals surface area contributed by atoms with Crippen molar-refractivity contribution in [3.05, 3.63) is 23.8 Å². The molecule has 0 aromatic heterocycles.